The van der Waals surface area contributed by atoms with Crippen LogP contribution in [0.5, 0.6) is 0 Å². The Labute approximate surface area is 81.9 Å². The van der Waals surface area contributed by atoms with Gasteiger partial charge in [-0.15, -0.1) is 0 Å². The average molecular weight is 197 g/mol. The second kappa shape index (κ2) is 4.17. The van der Waals surface area contributed by atoms with Gasteiger partial charge in [0.25, 0.3) is 0 Å². The Bertz CT molecular complexity index is 350. The van der Waals surface area contributed by atoms with Crippen molar-refractivity contribution < 1.29 is 13.9 Å². The van der Waals surface area contributed by atoms with Crippen LogP contribution in [0.25, 0.3) is 0 Å². The van der Waals surface area contributed by atoms with E-state index < -0.39 is 11.8 Å². The first-order valence-electron chi connectivity index (χ1n) is 4.31. The molecule has 14 heavy (non-hydrogen) atoms. The third kappa shape index (κ3) is 2.07. The van der Waals surface area contributed by atoms with Crippen LogP contribution in [0, 0.1) is 5.82 Å². The van der Waals surface area contributed by atoms with Crippen LogP contribution in [0.1, 0.15) is 35.9 Å². The molecule has 0 aliphatic carbocycles. The van der Waals surface area contributed by atoms with Gasteiger partial charge in [-0.25, -0.2) is 14.2 Å². The fourth-order valence-corrected chi connectivity index (χ4v) is 1.02. The molecule has 1 aromatic heterocycles. The number of nitrogens with zero attached hydrogens (tertiary/aromatic N) is 1. The van der Waals surface area contributed by atoms with Crippen molar-refractivity contribution in [1.82, 2.24) is 4.98 Å². The molecule has 0 atom stereocenters. The lowest BCUT2D eigenvalue weighted by molar-refractivity contribution is 0.0588. The van der Waals surface area contributed by atoms with E-state index in [9.17, 15) is 9.18 Å². The van der Waals surface area contributed by atoms with E-state index in [0.717, 1.165) is 0 Å². The molecule has 1 aromatic rings. The van der Waals surface area contributed by atoms with Crippen molar-refractivity contribution in [2.75, 3.05) is 7.11 Å². The highest BCUT2D eigenvalue weighted by molar-refractivity contribution is 5.87. The molecule has 0 amide bonds. The van der Waals surface area contributed by atoms with Gasteiger partial charge < -0.3 is 4.74 Å². The number of pyridine rings is 1. The largest absolute Gasteiger partial charge is 0.464 e. The van der Waals surface area contributed by atoms with E-state index in [1.807, 2.05) is 13.8 Å². The highest BCUT2D eigenvalue weighted by Crippen LogP contribution is 2.14. The molecule has 0 saturated heterocycles. The van der Waals surface area contributed by atoms with Gasteiger partial charge in [0.2, 0.25) is 0 Å². The Balaban J connectivity index is 3.15. The molecule has 0 radical (unpaired) electrons. The average Bonchev–Trinajstić information content (AvgIpc) is 2.17. The standard InChI is InChI=1S/C10H12FNO2/c1-6(2)8-5-4-7(11)9(12-8)10(13)14-3/h4-6H,1-3H3. The molecule has 0 spiro atoms. The number of ether oxygens (including phenoxy) is 1. The molecule has 0 unspecified atom stereocenters. The summed E-state index contributed by atoms with van der Waals surface area (Å²) < 4.78 is 17.5. The first-order chi connectivity index (χ1) is 6.56. The van der Waals surface area contributed by atoms with Crippen molar-refractivity contribution in [3.63, 3.8) is 0 Å². The lowest BCUT2D eigenvalue weighted by Crippen LogP contribution is -2.09. The van der Waals surface area contributed by atoms with Gasteiger partial charge in [0, 0.05) is 5.69 Å². The second-order valence-corrected chi connectivity index (χ2v) is 3.21. The van der Waals surface area contributed by atoms with Crippen LogP contribution >= 0.6 is 0 Å². The van der Waals surface area contributed by atoms with Gasteiger partial charge in [0.05, 0.1) is 7.11 Å². The highest BCUT2D eigenvalue weighted by atomic mass is 19.1. The summed E-state index contributed by atoms with van der Waals surface area (Å²) in [6, 6.07) is 2.79. The Hall–Kier alpha value is -1.45. The molecule has 0 fully saturated rings. The van der Waals surface area contributed by atoms with Crippen molar-refractivity contribution in [1.29, 1.82) is 0 Å². The quantitative estimate of drug-likeness (QED) is 0.682. The van der Waals surface area contributed by atoms with Gasteiger partial charge in [-0.05, 0) is 18.1 Å². The van der Waals surface area contributed by atoms with Gasteiger partial charge in [0.1, 0.15) is 0 Å². The zero-order chi connectivity index (χ0) is 10.7. The number of hydrogen-bond acceptors (Lipinski definition) is 3. The molecule has 0 saturated carbocycles. The van der Waals surface area contributed by atoms with Crippen LogP contribution in [0.2, 0.25) is 0 Å². The summed E-state index contributed by atoms with van der Waals surface area (Å²) in [4.78, 5) is 15.0. The fraction of sp³-hybridized carbons (Fsp3) is 0.400. The van der Waals surface area contributed by atoms with E-state index in [-0.39, 0.29) is 11.6 Å². The number of esters is 1. The third-order valence-electron chi connectivity index (χ3n) is 1.84. The van der Waals surface area contributed by atoms with Crippen molar-refractivity contribution >= 4 is 5.97 Å². The van der Waals surface area contributed by atoms with Gasteiger partial charge in [-0.3, -0.25) is 0 Å². The third-order valence-corrected chi connectivity index (χ3v) is 1.84. The van der Waals surface area contributed by atoms with Crippen molar-refractivity contribution in [2.45, 2.75) is 19.8 Å². The smallest absolute Gasteiger partial charge is 0.359 e. The topological polar surface area (TPSA) is 39.2 Å². The van der Waals surface area contributed by atoms with Crippen LogP contribution in [0.4, 0.5) is 4.39 Å². The number of halogens is 1. The van der Waals surface area contributed by atoms with E-state index in [4.69, 9.17) is 0 Å². The van der Waals surface area contributed by atoms with E-state index in [1.54, 1.807) is 6.07 Å². The molecule has 1 rings (SSSR count). The van der Waals surface area contributed by atoms with Gasteiger partial charge in [-0.2, -0.15) is 0 Å². The van der Waals surface area contributed by atoms with E-state index in [2.05, 4.69) is 9.72 Å². The molecule has 3 nitrogen and oxygen atoms in total. The van der Waals surface area contributed by atoms with Crippen LogP contribution in [0.15, 0.2) is 12.1 Å². The lowest BCUT2D eigenvalue weighted by atomic mass is 10.1. The molecule has 76 valence electrons. The molecule has 0 bridgehead atoms. The Morgan fingerprint density at radius 3 is 2.64 bits per heavy atom. The van der Waals surface area contributed by atoms with E-state index in [0.29, 0.717) is 5.69 Å². The Morgan fingerprint density at radius 2 is 2.14 bits per heavy atom. The summed E-state index contributed by atoms with van der Waals surface area (Å²) >= 11 is 0. The van der Waals surface area contributed by atoms with Crippen LogP contribution in [0.3, 0.4) is 0 Å². The van der Waals surface area contributed by atoms with Gasteiger partial charge in [-0.1, -0.05) is 13.8 Å². The molecule has 0 N–H and O–H groups in total. The summed E-state index contributed by atoms with van der Waals surface area (Å²) in [5, 5.41) is 0. The number of hydrogen-bond donors (Lipinski definition) is 0. The first-order valence-corrected chi connectivity index (χ1v) is 4.31. The minimum Gasteiger partial charge on any atom is -0.464 e. The Morgan fingerprint density at radius 1 is 1.50 bits per heavy atom. The number of carbonyl (C=O) groups is 1. The molecule has 1 heterocycles. The summed E-state index contributed by atoms with van der Waals surface area (Å²) in [6.07, 6.45) is 0. The summed E-state index contributed by atoms with van der Waals surface area (Å²) in [7, 11) is 1.20. The minimum atomic E-state index is -0.745. The van der Waals surface area contributed by atoms with E-state index in [1.165, 1.54) is 13.2 Å². The summed E-state index contributed by atoms with van der Waals surface area (Å²) in [5.74, 6) is -1.25. The Kier molecular flexibility index (Phi) is 3.17. The minimum absolute atomic E-state index is 0.152. The van der Waals surface area contributed by atoms with Gasteiger partial charge >= 0.3 is 5.97 Å². The lowest BCUT2D eigenvalue weighted by Gasteiger charge is -2.06. The molecular weight excluding hydrogens is 185 g/mol. The molecule has 0 aliphatic heterocycles. The second-order valence-electron chi connectivity index (χ2n) is 3.21. The van der Waals surface area contributed by atoms with Crippen molar-refractivity contribution in [3.8, 4) is 0 Å². The van der Waals surface area contributed by atoms with Crippen molar-refractivity contribution in [3.05, 3.63) is 29.3 Å². The maximum atomic E-state index is 13.1. The van der Waals surface area contributed by atoms with E-state index >= 15 is 0 Å². The normalized spacial score (nSPS) is 10.4. The van der Waals surface area contributed by atoms with Crippen LogP contribution in [-0.4, -0.2) is 18.1 Å². The first kappa shape index (κ1) is 10.6. The number of carbonyl (C=O) groups excluding carboxylic acids is 1. The summed E-state index contributed by atoms with van der Waals surface area (Å²) in [6.45, 7) is 3.84. The monoisotopic (exact) mass is 197 g/mol. The maximum Gasteiger partial charge on any atom is 0.359 e. The molecule has 0 aromatic carbocycles. The molecule has 0 aliphatic rings. The van der Waals surface area contributed by atoms with Crippen molar-refractivity contribution in [2.24, 2.45) is 0 Å². The molecule has 4 heteroatoms. The maximum absolute atomic E-state index is 13.1. The predicted molar refractivity (Wildman–Crippen MR) is 49.6 cm³/mol. The number of methoxy groups -OCH3 is 1. The number of rotatable bonds is 2. The highest BCUT2D eigenvalue weighted by Gasteiger charge is 2.15. The zero-order valence-electron chi connectivity index (χ0n) is 8.37. The van der Waals surface area contributed by atoms with Crippen LogP contribution in [-0.2, 0) is 4.74 Å². The van der Waals surface area contributed by atoms with Crippen LogP contribution < -0.4 is 0 Å². The molecular formula is C10H12FNO2. The zero-order valence-corrected chi connectivity index (χ0v) is 8.37. The SMILES string of the molecule is COC(=O)c1nc(C(C)C)ccc1F. The van der Waals surface area contributed by atoms with Gasteiger partial charge in [0.15, 0.2) is 11.5 Å². The fourth-order valence-electron chi connectivity index (χ4n) is 1.02. The summed E-state index contributed by atoms with van der Waals surface area (Å²) in [5.41, 5.74) is 0.422. The number of aromatic nitrogens is 1. The predicted octanol–water partition coefficient (Wildman–Crippen LogP) is 2.13.